The van der Waals surface area contributed by atoms with E-state index in [0.717, 1.165) is 17.3 Å². The fraction of sp³-hybridized carbons (Fsp3) is 0.238. The van der Waals surface area contributed by atoms with Crippen molar-refractivity contribution in [3.05, 3.63) is 76.5 Å². The molecule has 1 aromatic heterocycles. The first-order chi connectivity index (χ1) is 14.2. The Hall–Kier alpha value is -2.94. The minimum atomic E-state index is -3.27. The zero-order valence-corrected chi connectivity index (χ0v) is 17.4. The summed E-state index contributed by atoms with van der Waals surface area (Å²) in [5.74, 6) is -4.31. The lowest BCUT2D eigenvalue weighted by Gasteiger charge is -2.20. The Morgan fingerprint density at radius 1 is 1.10 bits per heavy atom. The molecule has 0 aliphatic carbocycles. The molecule has 0 fully saturated rings. The highest BCUT2D eigenvalue weighted by molar-refractivity contribution is 7.99. The number of hydrogen-bond acceptors (Lipinski definition) is 5. The number of carbonyl (C=O) groups excluding carboxylic acids is 1. The molecule has 0 radical (unpaired) electrons. The second-order valence-electron chi connectivity index (χ2n) is 6.78. The first-order valence-corrected chi connectivity index (χ1v) is 9.86. The van der Waals surface area contributed by atoms with E-state index in [2.05, 4.69) is 20.5 Å². The summed E-state index contributed by atoms with van der Waals surface area (Å²) in [6.45, 7) is 4.05. The fourth-order valence-electron chi connectivity index (χ4n) is 2.85. The van der Waals surface area contributed by atoms with Crippen LogP contribution in [0.25, 0.3) is 0 Å². The van der Waals surface area contributed by atoms with Crippen LogP contribution in [0.3, 0.4) is 0 Å². The molecule has 0 saturated heterocycles. The van der Waals surface area contributed by atoms with E-state index in [0.29, 0.717) is 10.5 Å². The van der Waals surface area contributed by atoms with Crippen LogP contribution in [0.1, 0.15) is 33.0 Å². The summed E-state index contributed by atoms with van der Waals surface area (Å²) in [6.07, 6.45) is 0. The van der Waals surface area contributed by atoms with Gasteiger partial charge in [0.25, 0.3) is 11.8 Å². The summed E-state index contributed by atoms with van der Waals surface area (Å²) >= 11 is 0.975. The molecule has 0 saturated carbocycles. The third-order valence-electron chi connectivity index (χ3n) is 4.23. The maximum Gasteiger partial charge on any atom is 0.290 e. The number of hydrogen-bond donors (Lipinski definition) is 1. The molecule has 3 rings (SSSR count). The number of aryl methyl sites for hydroxylation is 3. The summed E-state index contributed by atoms with van der Waals surface area (Å²) in [7, 11) is 0. The van der Waals surface area contributed by atoms with Crippen molar-refractivity contribution < 1.29 is 18.0 Å². The van der Waals surface area contributed by atoms with Crippen molar-refractivity contribution in [2.24, 2.45) is 0 Å². The van der Waals surface area contributed by atoms with Gasteiger partial charge in [-0.3, -0.25) is 4.79 Å². The van der Waals surface area contributed by atoms with Crippen LogP contribution >= 0.6 is 11.8 Å². The van der Waals surface area contributed by atoms with E-state index in [-0.39, 0.29) is 22.1 Å². The predicted molar refractivity (Wildman–Crippen MR) is 107 cm³/mol. The van der Waals surface area contributed by atoms with Gasteiger partial charge in [-0.25, -0.2) is 9.37 Å². The molecule has 5 nitrogen and oxygen atoms in total. The van der Waals surface area contributed by atoms with E-state index >= 15 is 0 Å². The molecule has 156 valence electrons. The number of rotatable bonds is 6. The second kappa shape index (κ2) is 8.83. The molecule has 1 heterocycles. The summed E-state index contributed by atoms with van der Waals surface area (Å²) in [5, 5.41) is 10.1. The number of benzene rings is 2. The third kappa shape index (κ3) is 5.15. The van der Waals surface area contributed by atoms with Gasteiger partial charge < -0.3 is 5.32 Å². The minimum absolute atomic E-state index is 0.0959. The standard InChI is InChI=1S/C21H19F3N4OS/c1-12-7-8-17(13(2)9-12)21(23,24)11-25-19(29)18-20(28-27-14(3)26-18)30-16-6-4-5-15(22)10-16/h4-10H,11H2,1-3H3,(H,25,29). The van der Waals surface area contributed by atoms with Gasteiger partial charge in [0.1, 0.15) is 11.6 Å². The van der Waals surface area contributed by atoms with Crippen LogP contribution < -0.4 is 5.32 Å². The highest BCUT2D eigenvalue weighted by Gasteiger charge is 2.34. The van der Waals surface area contributed by atoms with E-state index in [1.54, 1.807) is 25.1 Å². The molecule has 0 aliphatic heterocycles. The monoisotopic (exact) mass is 432 g/mol. The summed E-state index contributed by atoms with van der Waals surface area (Å²) < 4.78 is 42.8. The molecular formula is C21H19F3N4OS. The highest BCUT2D eigenvalue weighted by atomic mass is 32.2. The van der Waals surface area contributed by atoms with E-state index in [1.807, 2.05) is 6.92 Å². The van der Waals surface area contributed by atoms with Crippen LogP contribution in [-0.4, -0.2) is 27.6 Å². The highest BCUT2D eigenvalue weighted by Crippen LogP contribution is 2.31. The maximum absolute atomic E-state index is 14.7. The van der Waals surface area contributed by atoms with Gasteiger partial charge in [-0.15, -0.1) is 10.2 Å². The van der Waals surface area contributed by atoms with Crippen LogP contribution in [0.15, 0.2) is 52.4 Å². The van der Waals surface area contributed by atoms with Crippen molar-refractivity contribution in [2.45, 2.75) is 36.6 Å². The Kier molecular flexibility index (Phi) is 6.40. The quantitative estimate of drug-likeness (QED) is 0.616. The lowest BCUT2D eigenvalue weighted by molar-refractivity contribution is -0.00316. The Morgan fingerprint density at radius 2 is 1.87 bits per heavy atom. The van der Waals surface area contributed by atoms with Gasteiger partial charge in [-0.1, -0.05) is 41.6 Å². The molecule has 1 amide bonds. The topological polar surface area (TPSA) is 67.8 Å². The molecule has 0 bridgehead atoms. The summed E-state index contributed by atoms with van der Waals surface area (Å²) in [4.78, 5) is 17.2. The molecule has 3 aromatic rings. The average Bonchev–Trinajstić information content (AvgIpc) is 2.67. The summed E-state index contributed by atoms with van der Waals surface area (Å²) in [5.41, 5.74) is 1.02. The van der Waals surface area contributed by atoms with Crippen LogP contribution in [0.5, 0.6) is 0 Å². The fourth-order valence-corrected chi connectivity index (χ4v) is 3.71. The molecule has 0 unspecified atom stereocenters. The maximum atomic E-state index is 14.7. The van der Waals surface area contributed by atoms with Crippen molar-refractivity contribution in [3.8, 4) is 0 Å². The minimum Gasteiger partial charge on any atom is -0.344 e. The Balaban J connectivity index is 1.80. The molecule has 0 spiro atoms. The van der Waals surface area contributed by atoms with E-state index in [1.165, 1.54) is 31.2 Å². The first kappa shape index (κ1) is 21.8. The number of carbonyl (C=O) groups is 1. The normalized spacial score (nSPS) is 11.4. The van der Waals surface area contributed by atoms with Gasteiger partial charge in [-0.2, -0.15) is 8.78 Å². The molecular weight excluding hydrogens is 413 g/mol. The predicted octanol–water partition coefficient (Wildman–Crippen LogP) is 4.61. The van der Waals surface area contributed by atoms with Gasteiger partial charge in [-0.05, 0) is 44.5 Å². The molecule has 0 aliphatic rings. The largest absolute Gasteiger partial charge is 0.344 e. The number of halogens is 3. The molecule has 2 aromatic carbocycles. The Morgan fingerprint density at radius 3 is 2.57 bits per heavy atom. The Labute approximate surface area is 176 Å². The van der Waals surface area contributed by atoms with Crippen molar-refractivity contribution >= 4 is 17.7 Å². The zero-order valence-electron chi connectivity index (χ0n) is 16.5. The number of aromatic nitrogens is 3. The second-order valence-corrected chi connectivity index (χ2v) is 7.84. The van der Waals surface area contributed by atoms with E-state index in [4.69, 9.17) is 0 Å². The summed E-state index contributed by atoms with van der Waals surface area (Å²) in [6, 6.07) is 10.3. The lowest BCUT2D eigenvalue weighted by Crippen LogP contribution is -2.36. The molecule has 9 heteroatoms. The van der Waals surface area contributed by atoms with Crippen LogP contribution in [0, 0.1) is 26.6 Å². The van der Waals surface area contributed by atoms with Gasteiger partial charge in [0.15, 0.2) is 10.7 Å². The van der Waals surface area contributed by atoms with E-state index in [9.17, 15) is 18.0 Å². The van der Waals surface area contributed by atoms with Gasteiger partial charge in [0, 0.05) is 10.5 Å². The number of nitrogens with zero attached hydrogens (tertiary/aromatic N) is 3. The van der Waals surface area contributed by atoms with Gasteiger partial charge >= 0.3 is 0 Å². The van der Waals surface area contributed by atoms with Crippen LogP contribution in [0.2, 0.25) is 0 Å². The number of alkyl halides is 2. The SMILES string of the molecule is Cc1ccc(C(F)(F)CNC(=O)c2nc(C)nnc2Sc2cccc(F)c2)c(C)c1. The average molecular weight is 432 g/mol. The van der Waals surface area contributed by atoms with Crippen molar-refractivity contribution in [3.63, 3.8) is 0 Å². The van der Waals surface area contributed by atoms with Gasteiger partial charge in [0.05, 0.1) is 6.54 Å². The molecule has 30 heavy (non-hydrogen) atoms. The number of nitrogens with one attached hydrogen (secondary N) is 1. The first-order valence-electron chi connectivity index (χ1n) is 9.04. The number of amides is 1. The van der Waals surface area contributed by atoms with Crippen molar-refractivity contribution in [2.75, 3.05) is 6.54 Å². The zero-order chi connectivity index (χ0) is 21.9. The van der Waals surface area contributed by atoms with Gasteiger partial charge in [0.2, 0.25) is 0 Å². The van der Waals surface area contributed by atoms with Crippen LogP contribution in [0.4, 0.5) is 13.2 Å². The van der Waals surface area contributed by atoms with Crippen LogP contribution in [-0.2, 0) is 5.92 Å². The molecule has 0 atom stereocenters. The third-order valence-corrected chi connectivity index (χ3v) is 5.19. The lowest BCUT2D eigenvalue weighted by atomic mass is 10.0. The smallest absolute Gasteiger partial charge is 0.290 e. The molecule has 1 N–H and O–H groups in total. The van der Waals surface area contributed by atoms with Crippen molar-refractivity contribution in [1.29, 1.82) is 0 Å². The Bertz CT molecular complexity index is 1090. The van der Waals surface area contributed by atoms with Crippen molar-refractivity contribution in [1.82, 2.24) is 20.5 Å². The van der Waals surface area contributed by atoms with E-state index < -0.39 is 24.2 Å².